The first kappa shape index (κ1) is 9.66. The van der Waals surface area contributed by atoms with Crippen LogP contribution in [0.25, 0.3) is 0 Å². The summed E-state index contributed by atoms with van der Waals surface area (Å²) in [5, 5.41) is 10.4. The Bertz CT molecular complexity index is 308. The van der Waals surface area contributed by atoms with Crippen LogP contribution < -0.4 is 0 Å². The van der Waals surface area contributed by atoms with Crippen LogP contribution in [0, 0.1) is 10.1 Å². The Balaban J connectivity index is 2.80. The van der Waals surface area contributed by atoms with Gasteiger partial charge in [0.05, 0.1) is 7.05 Å². The molecule has 0 radical (unpaired) electrons. The van der Waals surface area contributed by atoms with Crippen molar-refractivity contribution in [3.63, 3.8) is 0 Å². The van der Waals surface area contributed by atoms with Crippen LogP contribution in [0.4, 0.5) is 5.82 Å². The molecule has 0 aliphatic carbocycles. The first-order valence-corrected chi connectivity index (χ1v) is 3.89. The highest BCUT2D eigenvalue weighted by Gasteiger charge is 2.15. The molecule has 1 aromatic heterocycles. The molecular weight excluding hydrogens is 174 g/mol. The summed E-state index contributed by atoms with van der Waals surface area (Å²) in [4.78, 5) is 13.8. The largest absolute Gasteiger partial charge is 0.371 e. The van der Waals surface area contributed by atoms with Crippen LogP contribution in [0.5, 0.6) is 0 Å². The Hall–Kier alpha value is -1.43. The van der Waals surface area contributed by atoms with Gasteiger partial charge in [-0.05, 0) is 11.8 Å². The fourth-order valence-electron chi connectivity index (χ4n) is 0.935. The molecule has 13 heavy (non-hydrogen) atoms. The van der Waals surface area contributed by atoms with E-state index in [1.54, 1.807) is 7.05 Å². The zero-order chi connectivity index (χ0) is 9.84. The van der Waals surface area contributed by atoms with Crippen molar-refractivity contribution in [1.82, 2.24) is 9.55 Å². The van der Waals surface area contributed by atoms with Crippen LogP contribution in [0.2, 0.25) is 0 Å². The second-order valence-electron chi connectivity index (χ2n) is 2.49. The average Bonchev–Trinajstić information content (AvgIpc) is 2.43. The van der Waals surface area contributed by atoms with Crippen molar-refractivity contribution in [3.05, 3.63) is 22.1 Å². The Morgan fingerprint density at radius 2 is 2.46 bits per heavy atom. The van der Waals surface area contributed by atoms with E-state index in [1.807, 2.05) is 6.92 Å². The van der Waals surface area contributed by atoms with Crippen LogP contribution in [-0.4, -0.2) is 21.1 Å². The van der Waals surface area contributed by atoms with Gasteiger partial charge in [0.25, 0.3) is 0 Å². The Kier molecular flexibility index (Phi) is 2.97. The van der Waals surface area contributed by atoms with Crippen LogP contribution in [0.1, 0.15) is 12.7 Å². The van der Waals surface area contributed by atoms with Crippen molar-refractivity contribution in [1.29, 1.82) is 0 Å². The lowest BCUT2D eigenvalue weighted by molar-refractivity contribution is -0.391. The lowest BCUT2D eigenvalue weighted by Gasteiger charge is -1.98. The molecule has 6 heteroatoms. The molecule has 0 amide bonds. The summed E-state index contributed by atoms with van der Waals surface area (Å²) in [5.41, 5.74) is 0. The molecule has 0 saturated carbocycles. The molecule has 0 saturated heterocycles. The minimum absolute atomic E-state index is 0.0188. The van der Waals surface area contributed by atoms with Crippen molar-refractivity contribution >= 4 is 5.82 Å². The molecule has 0 atom stereocenters. The molecule has 1 heterocycles. The van der Waals surface area contributed by atoms with Crippen LogP contribution in [0.3, 0.4) is 0 Å². The van der Waals surface area contributed by atoms with Gasteiger partial charge in [0.15, 0.2) is 0 Å². The maximum Gasteiger partial charge on any atom is 0.342 e. The first-order chi connectivity index (χ1) is 6.16. The molecule has 0 unspecified atom stereocenters. The van der Waals surface area contributed by atoms with Crippen LogP contribution in [0.15, 0.2) is 6.20 Å². The van der Waals surface area contributed by atoms with Gasteiger partial charge in [-0.15, -0.1) is 0 Å². The number of hydrogen-bond acceptors (Lipinski definition) is 4. The summed E-state index contributed by atoms with van der Waals surface area (Å²) >= 11 is 0. The predicted molar refractivity (Wildman–Crippen MR) is 45.2 cm³/mol. The third-order valence-electron chi connectivity index (χ3n) is 1.68. The van der Waals surface area contributed by atoms with Gasteiger partial charge in [-0.25, -0.2) is 9.55 Å². The fourth-order valence-corrected chi connectivity index (χ4v) is 0.935. The molecule has 0 bridgehead atoms. The van der Waals surface area contributed by atoms with E-state index in [4.69, 9.17) is 4.74 Å². The van der Waals surface area contributed by atoms with Gasteiger partial charge in [-0.2, -0.15) is 0 Å². The maximum atomic E-state index is 10.4. The molecule has 6 nitrogen and oxygen atoms in total. The highest BCUT2D eigenvalue weighted by Crippen LogP contribution is 2.11. The number of hydrogen-bond donors (Lipinski definition) is 0. The number of ether oxygens (including phenoxy) is 1. The second-order valence-corrected chi connectivity index (χ2v) is 2.49. The average molecular weight is 185 g/mol. The molecular formula is C7H11N3O3. The fraction of sp³-hybridized carbons (Fsp3) is 0.571. The van der Waals surface area contributed by atoms with E-state index in [0.29, 0.717) is 19.0 Å². The lowest BCUT2D eigenvalue weighted by atomic mass is 10.6. The smallest absolute Gasteiger partial charge is 0.342 e. The van der Waals surface area contributed by atoms with Gasteiger partial charge in [-0.1, -0.05) is 0 Å². The van der Waals surface area contributed by atoms with Crippen molar-refractivity contribution in [2.24, 2.45) is 7.05 Å². The van der Waals surface area contributed by atoms with E-state index >= 15 is 0 Å². The number of aromatic nitrogens is 2. The van der Waals surface area contributed by atoms with E-state index in [2.05, 4.69) is 4.98 Å². The molecule has 0 aliphatic heterocycles. The standard InChI is InChI=1S/C7H11N3O3/c1-3-13-5-6-8-4-7(9(6)2)10(11)12/h4H,3,5H2,1-2H3. The summed E-state index contributed by atoms with van der Waals surface area (Å²) in [7, 11) is 1.60. The summed E-state index contributed by atoms with van der Waals surface area (Å²) in [6.45, 7) is 2.73. The van der Waals surface area contributed by atoms with Crippen molar-refractivity contribution in [3.8, 4) is 0 Å². The maximum absolute atomic E-state index is 10.4. The van der Waals surface area contributed by atoms with Crippen molar-refractivity contribution < 1.29 is 9.66 Å². The Labute approximate surface area is 75.3 Å². The zero-order valence-corrected chi connectivity index (χ0v) is 7.56. The molecule has 1 rings (SSSR count). The van der Waals surface area contributed by atoms with E-state index in [0.717, 1.165) is 0 Å². The molecule has 0 spiro atoms. The summed E-state index contributed by atoms with van der Waals surface area (Å²) in [5.74, 6) is 0.545. The third-order valence-corrected chi connectivity index (χ3v) is 1.68. The summed E-state index contributed by atoms with van der Waals surface area (Å²) in [6.07, 6.45) is 1.23. The minimum atomic E-state index is -0.470. The minimum Gasteiger partial charge on any atom is -0.371 e. The highest BCUT2D eigenvalue weighted by molar-refractivity contribution is 5.18. The number of nitro groups is 1. The van der Waals surface area contributed by atoms with Crippen molar-refractivity contribution in [2.45, 2.75) is 13.5 Å². The summed E-state index contributed by atoms with van der Waals surface area (Å²) in [6, 6.07) is 0. The van der Waals surface area contributed by atoms with Gasteiger partial charge >= 0.3 is 5.82 Å². The number of imidazole rings is 1. The normalized spacial score (nSPS) is 10.3. The lowest BCUT2D eigenvalue weighted by Crippen LogP contribution is -2.03. The second kappa shape index (κ2) is 3.99. The molecule has 0 aromatic carbocycles. The van der Waals surface area contributed by atoms with Gasteiger partial charge in [0.1, 0.15) is 12.8 Å². The molecule has 1 aromatic rings. The molecule has 0 aliphatic rings. The number of rotatable bonds is 4. The highest BCUT2D eigenvalue weighted by atomic mass is 16.6. The van der Waals surface area contributed by atoms with Gasteiger partial charge in [-0.3, -0.25) is 0 Å². The molecule has 0 N–H and O–H groups in total. The molecule has 72 valence electrons. The van der Waals surface area contributed by atoms with E-state index in [-0.39, 0.29) is 5.82 Å². The van der Waals surface area contributed by atoms with Crippen molar-refractivity contribution in [2.75, 3.05) is 6.61 Å². The van der Waals surface area contributed by atoms with E-state index in [1.165, 1.54) is 10.8 Å². The number of nitrogens with zero attached hydrogens (tertiary/aromatic N) is 3. The summed E-state index contributed by atoms with van der Waals surface area (Å²) < 4.78 is 6.50. The Morgan fingerprint density at radius 1 is 1.77 bits per heavy atom. The zero-order valence-electron chi connectivity index (χ0n) is 7.56. The van der Waals surface area contributed by atoms with Crippen LogP contribution in [-0.2, 0) is 18.4 Å². The molecule has 0 fully saturated rings. The SMILES string of the molecule is CCOCc1ncc([N+](=O)[O-])n1C. The van der Waals surface area contributed by atoms with Gasteiger partial charge in [0, 0.05) is 6.61 Å². The first-order valence-electron chi connectivity index (χ1n) is 3.89. The van der Waals surface area contributed by atoms with Crippen LogP contribution >= 0.6 is 0 Å². The topological polar surface area (TPSA) is 70.2 Å². The quantitative estimate of drug-likeness (QED) is 0.515. The van der Waals surface area contributed by atoms with E-state index < -0.39 is 4.92 Å². The monoisotopic (exact) mass is 185 g/mol. The third kappa shape index (κ3) is 2.03. The van der Waals surface area contributed by atoms with Gasteiger partial charge in [0.2, 0.25) is 5.82 Å². The van der Waals surface area contributed by atoms with Gasteiger partial charge < -0.3 is 14.9 Å². The van der Waals surface area contributed by atoms with E-state index in [9.17, 15) is 10.1 Å². The predicted octanol–water partition coefficient (Wildman–Crippen LogP) is 0.865. The Morgan fingerprint density at radius 3 is 2.92 bits per heavy atom.